The summed E-state index contributed by atoms with van der Waals surface area (Å²) in [4.78, 5) is 22.3. The van der Waals surface area contributed by atoms with Crippen LogP contribution in [0.2, 0.25) is 0 Å². The molecule has 1 heterocycles. The van der Waals surface area contributed by atoms with E-state index in [1.807, 2.05) is 0 Å². The van der Waals surface area contributed by atoms with E-state index in [1.165, 1.54) is 12.1 Å². The molecule has 0 unspecified atom stereocenters. The van der Waals surface area contributed by atoms with Crippen molar-refractivity contribution in [1.29, 1.82) is 0 Å². The first-order valence-corrected chi connectivity index (χ1v) is 6.99. The molecule has 1 saturated heterocycles. The van der Waals surface area contributed by atoms with E-state index in [0.717, 1.165) is 0 Å². The van der Waals surface area contributed by atoms with Gasteiger partial charge in [-0.05, 0) is 12.1 Å². The minimum Gasteiger partial charge on any atom is -0.480 e. The van der Waals surface area contributed by atoms with Crippen LogP contribution in [-0.4, -0.2) is 37.5 Å². The van der Waals surface area contributed by atoms with Gasteiger partial charge in [-0.15, -0.1) is 0 Å². The van der Waals surface area contributed by atoms with E-state index in [2.05, 4.69) is 10.0 Å². The van der Waals surface area contributed by atoms with Gasteiger partial charge in [0.15, 0.2) is 0 Å². The number of carboxylic acids is 1. The molecule has 19 heavy (non-hydrogen) atoms. The molecule has 7 nitrogen and oxygen atoms in total. The molecular weight excluding hydrogens is 272 g/mol. The van der Waals surface area contributed by atoms with Gasteiger partial charge in [0, 0.05) is 6.42 Å². The first-order valence-electron chi connectivity index (χ1n) is 5.51. The summed E-state index contributed by atoms with van der Waals surface area (Å²) in [6, 6.07) is 5.45. The standard InChI is InChI=1S/C11H12N2O5S/c14-10-8(6-9(12-10)11(15)16)13-19(17,18)7-4-2-1-3-5-7/h1-5,8-9,13H,6H2,(H,12,14)(H,15,16)/t8-,9-/m0/s1. The second kappa shape index (κ2) is 4.98. The first kappa shape index (κ1) is 13.5. The maximum absolute atomic E-state index is 12.0. The van der Waals surface area contributed by atoms with Crippen LogP contribution in [0.15, 0.2) is 35.2 Å². The molecule has 1 fully saturated rings. The van der Waals surface area contributed by atoms with E-state index < -0.39 is 34.0 Å². The number of hydrogen-bond donors (Lipinski definition) is 3. The summed E-state index contributed by atoms with van der Waals surface area (Å²) >= 11 is 0. The van der Waals surface area contributed by atoms with Crippen LogP contribution in [0.3, 0.4) is 0 Å². The molecule has 1 aliphatic rings. The Morgan fingerprint density at radius 3 is 2.47 bits per heavy atom. The van der Waals surface area contributed by atoms with Crippen molar-refractivity contribution in [3.05, 3.63) is 30.3 Å². The van der Waals surface area contributed by atoms with Crippen molar-refractivity contribution in [3.63, 3.8) is 0 Å². The predicted octanol–water partition coefficient (Wildman–Crippen LogP) is -0.693. The number of nitrogens with one attached hydrogen (secondary N) is 2. The van der Waals surface area contributed by atoms with E-state index >= 15 is 0 Å². The number of carboxylic acid groups (broad SMARTS) is 1. The second-order valence-electron chi connectivity index (χ2n) is 4.12. The summed E-state index contributed by atoms with van der Waals surface area (Å²) in [5, 5.41) is 11.0. The lowest BCUT2D eigenvalue weighted by atomic mass is 10.2. The van der Waals surface area contributed by atoms with Gasteiger partial charge in [0.25, 0.3) is 0 Å². The van der Waals surface area contributed by atoms with Crippen molar-refractivity contribution in [2.75, 3.05) is 0 Å². The zero-order valence-corrected chi connectivity index (χ0v) is 10.6. The quantitative estimate of drug-likeness (QED) is 0.677. The number of aliphatic carboxylic acids is 1. The van der Waals surface area contributed by atoms with Crippen LogP contribution in [0.25, 0.3) is 0 Å². The van der Waals surface area contributed by atoms with Crippen LogP contribution in [0, 0.1) is 0 Å². The summed E-state index contributed by atoms with van der Waals surface area (Å²) in [5.41, 5.74) is 0. The third-order valence-electron chi connectivity index (χ3n) is 2.75. The molecule has 1 aromatic carbocycles. The van der Waals surface area contributed by atoms with Crippen LogP contribution in [0.5, 0.6) is 0 Å². The topological polar surface area (TPSA) is 113 Å². The van der Waals surface area contributed by atoms with E-state index in [9.17, 15) is 18.0 Å². The Bertz CT molecular complexity index is 599. The van der Waals surface area contributed by atoms with Crippen LogP contribution in [0.4, 0.5) is 0 Å². The number of hydrogen-bond acceptors (Lipinski definition) is 4. The monoisotopic (exact) mass is 284 g/mol. The average molecular weight is 284 g/mol. The van der Waals surface area contributed by atoms with Gasteiger partial charge in [-0.1, -0.05) is 18.2 Å². The van der Waals surface area contributed by atoms with Gasteiger partial charge < -0.3 is 10.4 Å². The lowest BCUT2D eigenvalue weighted by molar-refractivity contribution is -0.140. The third kappa shape index (κ3) is 2.91. The van der Waals surface area contributed by atoms with Gasteiger partial charge in [-0.3, -0.25) is 4.79 Å². The molecule has 0 bridgehead atoms. The van der Waals surface area contributed by atoms with Crippen molar-refractivity contribution in [2.24, 2.45) is 0 Å². The Balaban J connectivity index is 2.14. The minimum atomic E-state index is -3.83. The number of carbonyl (C=O) groups excluding carboxylic acids is 1. The molecule has 0 spiro atoms. The summed E-state index contributed by atoms with van der Waals surface area (Å²) in [6.45, 7) is 0. The molecule has 3 N–H and O–H groups in total. The van der Waals surface area contributed by atoms with Gasteiger partial charge in [0.1, 0.15) is 12.1 Å². The Hall–Kier alpha value is -1.93. The summed E-state index contributed by atoms with van der Waals surface area (Å²) < 4.78 is 26.1. The Kier molecular flexibility index (Phi) is 3.54. The number of carbonyl (C=O) groups is 2. The molecule has 0 saturated carbocycles. The Morgan fingerprint density at radius 2 is 1.95 bits per heavy atom. The van der Waals surface area contributed by atoms with Crippen molar-refractivity contribution in [2.45, 2.75) is 23.4 Å². The molecule has 0 aromatic heterocycles. The van der Waals surface area contributed by atoms with Crippen LogP contribution in [-0.2, 0) is 19.6 Å². The lowest BCUT2D eigenvalue weighted by Crippen LogP contribution is -2.40. The third-order valence-corrected chi connectivity index (χ3v) is 4.24. The van der Waals surface area contributed by atoms with Crippen LogP contribution >= 0.6 is 0 Å². The Labute approximate surface area is 109 Å². The Morgan fingerprint density at radius 1 is 1.32 bits per heavy atom. The minimum absolute atomic E-state index is 0.0292. The maximum Gasteiger partial charge on any atom is 0.326 e. The van der Waals surface area contributed by atoms with Crippen LogP contribution in [0.1, 0.15) is 6.42 Å². The zero-order valence-electron chi connectivity index (χ0n) is 9.74. The smallest absolute Gasteiger partial charge is 0.326 e. The van der Waals surface area contributed by atoms with Gasteiger partial charge in [-0.25, -0.2) is 13.2 Å². The molecule has 1 amide bonds. The molecule has 0 aliphatic carbocycles. The van der Waals surface area contributed by atoms with Crippen molar-refractivity contribution < 1.29 is 23.1 Å². The summed E-state index contributed by atoms with van der Waals surface area (Å²) in [6.07, 6.45) is -0.111. The fraction of sp³-hybridized carbons (Fsp3) is 0.273. The highest BCUT2D eigenvalue weighted by molar-refractivity contribution is 7.89. The highest BCUT2D eigenvalue weighted by Crippen LogP contribution is 2.13. The highest BCUT2D eigenvalue weighted by atomic mass is 32.2. The number of sulfonamides is 1. The second-order valence-corrected chi connectivity index (χ2v) is 5.84. The fourth-order valence-corrected chi connectivity index (χ4v) is 3.02. The van der Waals surface area contributed by atoms with E-state index in [1.54, 1.807) is 18.2 Å². The zero-order chi connectivity index (χ0) is 14.0. The molecule has 1 aliphatic heterocycles. The number of amides is 1. The van der Waals surface area contributed by atoms with Gasteiger partial charge in [0.2, 0.25) is 15.9 Å². The SMILES string of the molecule is O=C(O)[C@@H]1C[C@H](NS(=O)(=O)c2ccccc2)C(=O)N1. The summed E-state index contributed by atoms with van der Waals surface area (Å²) in [7, 11) is -3.83. The van der Waals surface area contributed by atoms with E-state index in [4.69, 9.17) is 5.11 Å². The van der Waals surface area contributed by atoms with Gasteiger partial charge in [0.05, 0.1) is 4.90 Å². The van der Waals surface area contributed by atoms with Crippen molar-refractivity contribution in [3.8, 4) is 0 Å². The summed E-state index contributed by atoms with van der Waals surface area (Å²) in [5.74, 6) is -1.82. The molecule has 102 valence electrons. The predicted molar refractivity (Wildman–Crippen MR) is 64.7 cm³/mol. The molecular formula is C11H12N2O5S. The van der Waals surface area contributed by atoms with Gasteiger partial charge >= 0.3 is 5.97 Å². The molecule has 2 rings (SSSR count). The number of rotatable bonds is 4. The average Bonchev–Trinajstić information content (AvgIpc) is 2.72. The number of benzene rings is 1. The van der Waals surface area contributed by atoms with Crippen molar-refractivity contribution >= 4 is 21.9 Å². The van der Waals surface area contributed by atoms with E-state index in [-0.39, 0.29) is 11.3 Å². The fourth-order valence-electron chi connectivity index (χ4n) is 1.79. The first-order chi connectivity index (χ1) is 8.90. The molecule has 8 heteroatoms. The molecule has 1 aromatic rings. The maximum atomic E-state index is 12.0. The molecule has 2 atom stereocenters. The highest BCUT2D eigenvalue weighted by Gasteiger charge is 2.38. The van der Waals surface area contributed by atoms with Crippen molar-refractivity contribution in [1.82, 2.24) is 10.0 Å². The van der Waals surface area contributed by atoms with Gasteiger partial charge in [-0.2, -0.15) is 4.72 Å². The van der Waals surface area contributed by atoms with Crippen LogP contribution < -0.4 is 10.0 Å². The normalized spacial score (nSPS) is 23.1. The van der Waals surface area contributed by atoms with E-state index in [0.29, 0.717) is 0 Å². The molecule has 0 radical (unpaired) electrons. The lowest BCUT2D eigenvalue weighted by Gasteiger charge is -2.10. The largest absolute Gasteiger partial charge is 0.480 e.